The van der Waals surface area contributed by atoms with E-state index in [0.29, 0.717) is 17.9 Å². The van der Waals surface area contributed by atoms with Crippen molar-refractivity contribution in [3.05, 3.63) is 47.7 Å². The topological polar surface area (TPSA) is 72.6 Å². The van der Waals surface area contributed by atoms with Crippen molar-refractivity contribution in [1.29, 1.82) is 0 Å². The second kappa shape index (κ2) is 5.35. The van der Waals surface area contributed by atoms with Gasteiger partial charge in [0.05, 0.1) is 6.42 Å². The van der Waals surface area contributed by atoms with Crippen molar-refractivity contribution in [2.45, 2.75) is 20.0 Å². The fourth-order valence-corrected chi connectivity index (χ4v) is 1.54. The van der Waals surface area contributed by atoms with Crippen molar-refractivity contribution in [2.75, 3.05) is 0 Å². The minimum absolute atomic E-state index is 0.0137. The van der Waals surface area contributed by atoms with Crippen molar-refractivity contribution in [3.63, 3.8) is 0 Å². The van der Waals surface area contributed by atoms with E-state index in [0.717, 1.165) is 11.5 Å². The number of ether oxygens (including phenoxy) is 1. The number of rotatable bonds is 5. The SMILES string of the molecule is Cc1ocnc1COc1cccc(CC(=O)O)c1. The van der Waals surface area contributed by atoms with Crippen molar-refractivity contribution < 1.29 is 19.1 Å². The maximum absolute atomic E-state index is 10.6. The van der Waals surface area contributed by atoms with E-state index in [1.54, 1.807) is 24.3 Å². The Morgan fingerprint density at radius 3 is 3.00 bits per heavy atom. The second-order valence-corrected chi connectivity index (χ2v) is 3.86. The van der Waals surface area contributed by atoms with Gasteiger partial charge < -0.3 is 14.3 Å². The molecule has 5 heteroatoms. The molecular weight excluding hydrogens is 234 g/mol. The molecule has 1 aromatic heterocycles. The van der Waals surface area contributed by atoms with E-state index in [1.165, 1.54) is 6.39 Å². The van der Waals surface area contributed by atoms with Gasteiger partial charge in [0.1, 0.15) is 23.8 Å². The summed E-state index contributed by atoms with van der Waals surface area (Å²) in [4.78, 5) is 14.6. The number of benzene rings is 1. The Morgan fingerprint density at radius 2 is 2.33 bits per heavy atom. The van der Waals surface area contributed by atoms with Crippen LogP contribution in [0.4, 0.5) is 0 Å². The molecular formula is C13H13NO4. The van der Waals surface area contributed by atoms with Crippen molar-refractivity contribution >= 4 is 5.97 Å². The maximum atomic E-state index is 10.6. The van der Waals surface area contributed by atoms with Gasteiger partial charge in [0.25, 0.3) is 0 Å². The predicted octanol–water partition coefficient (Wildman–Crippen LogP) is 2.19. The van der Waals surface area contributed by atoms with E-state index in [1.807, 2.05) is 6.92 Å². The molecule has 18 heavy (non-hydrogen) atoms. The molecule has 2 rings (SSSR count). The number of carboxylic acid groups (broad SMARTS) is 1. The molecule has 0 aliphatic carbocycles. The van der Waals surface area contributed by atoms with E-state index in [2.05, 4.69) is 4.98 Å². The van der Waals surface area contributed by atoms with Crippen LogP contribution in [-0.2, 0) is 17.8 Å². The first-order valence-corrected chi connectivity index (χ1v) is 5.47. The summed E-state index contributed by atoms with van der Waals surface area (Å²) in [5, 5.41) is 8.71. The highest BCUT2D eigenvalue weighted by Gasteiger charge is 2.05. The van der Waals surface area contributed by atoms with Gasteiger partial charge in [0.15, 0.2) is 6.39 Å². The van der Waals surface area contributed by atoms with Gasteiger partial charge in [0.2, 0.25) is 0 Å². The highest BCUT2D eigenvalue weighted by atomic mass is 16.5. The minimum atomic E-state index is -0.862. The van der Waals surface area contributed by atoms with E-state index in [4.69, 9.17) is 14.3 Å². The lowest BCUT2D eigenvalue weighted by Gasteiger charge is -2.06. The molecule has 0 saturated carbocycles. The number of carbonyl (C=O) groups is 1. The molecule has 0 bridgehead atoms. The van der Waals surface area contributed by atoms with Crippen molar-refractivity contribution in [2.24, 2.45) is 0 Å². The highest BCUT2D eigenvalue weighted by molar-refractivity contribution is 5.70. The Bertz CT molecular complexity index is 547. The van der Waals surface area contributed by atoms with Gasteiger partial charge >= 0.3 is 5.97 Å². The summed E-state index contributed by atoms with van der Waals surface area (Å²) in [7, 11) is 0. The molecule has 0 saturated heterocycles. The van der Waals surface area contributed by atoms with E-state index < -0.39 is 5.97 Å². The fourth-order valence-electron chi connectivity index (χ4n) is 1.54. The highest BCUT2D eigenvalue weighted by Crippen LogP contribution is 2.16. The summed E-state index contributed by atoms with van der Waals surface area (Å²) < 4.78 is 10.6. The molecule has 0 aliphatic heterocycles. The standard InChI is InChI=1S/C13H13NO4/c1-9-12(14-8-18-9)7-17-11-4-2-3-10(5-11)6-13(15)16/h2-5,8H,6-7H2,1H3,(H,15,16). The largest absolute Gasteiger partial charge is 0.487 e. The van der Waals surface area contributed by atoms with Crippen LogP contribution in [0.25, 0.3) is 0 Å². The summed E-state index contributed by atoms with van der Waals surface area (Å²) in [6, 6.07) is 7.01. The van der Waals surface area contributed by atoms with Gasteiger partial charge in [-0.25, -0.2) is 4.98 Å². The van der Waals surface area contributed by atoms with Crippen LogP contribution in [0.2, 0.25) is 0 Å². The molecule has 0 atom stereocenters. The molecule has 0 fully saturated rings. The van der Waals surface area contributed by atoms with Crippen molar-refractivity contribution in [1.82, 2.24) is 4.98 Å². The quantitative estimate of drug-likeness (QED) is 0.876. The Balaban J connectivity index is 2.01. The summed E-state index contributed by atoms with van der Waals surface area (Å²) in [6.07, 6.45) is 1.36. The summed E-state index contributed by atoms with van der Waals surface area (Å²) in [5.41, 5.74) is 1.44. The summed E-state index contributed by atoms with van der Waals surface area (Å²) >= 11 is 0. The first kappa shape index (κ1) is 12.2. The van der Waals surface area contributed by atoms with Crippen LogP contribution >= 0.6 is 0 Å². The first-order chi connectivity index (χ1) is 8.65. The zero-order chi connectivity index (χ0) is 13.0. The van der Waals surface area contributed by atoms with Crippen LogP contribution in [0.15, 0.2) is 35.1 Å². The third-order valence-electron chi connectivity index (χ3n) is 2.47. The number of hydrogen-bond acceptors (Lipinski definition) is 4. The van der Waals surface area contributed by atoms with Crippen LogP contribution in [0, 0.1) is 6.92 Å². The van der Waals surface area contributed by atoms with E-state index >= 15 is 0 Å². The van der Waals surface area contributed by atoms with E-state index in [9.17, 15) is 4.79 Å². The lowest BCUT2D eigenvalue weighted by molar-refractivity contribution is -0.136. The molecule has 2 aromatic rings. The number of aryl methyl sites for hydroxylation is 1. The Labute approximate surface area is 104 Å². The lowest BCUT2D eigenvalue weighted by Crippen LogP contribution is -2.01. The molecule has 0 radical (unpaired) electrons. The van der Waals surface area contributed by atoms with Gasteiger partial charge in [-0.15, -0.1) is 0 Å². The zero-order valence-electron chi connectivity index (χ0n) is 9.92. The zero-order valence-corrected chi connectivity index (χ0v) is 9.92. The normalized spacial score (nSPS) is 10.3. The molecule has 0 amide bonds. The number of aliphatic carboxylic acids is 1. The average Bonchev–Trinajstić information content (AvgIpc) is 2.72. The van der Waals surface area contributed by atoms with E-state index in [-0.39, 0.29) is 6.42 Å². The Kier molecular flexibility index (Phi) is 3.62. The van der Waals surface area contributed by atoms with Crippen LogP contribution in [-0.4, -0.2) is 16.1 Å². The fraction of sp³-hybridized carbons (Fsp3) is 0.231. The van der Waals surface area contributed by atoms with Crippen LogP contribution in [0.3, 0.4) is 0 Å². The lowest BCUT2D eigenvalue weighted by atomic mass is 10.1. The molecule has 0 aliphatic rings. The third kappa shape index (κ3) is 3.10. The summed E-state index contributed by atoms with van der Waals surface area (Å²) in [6.45, 7) is 2.12. The number of nitrogens with zero attached hydrogens (tertiary/aromatic N) is 1. The Morgan fingerprint density at radius 1 is 1.50 bits per heavy atom. The molecule has 5 nitrogen and oxygen atoms in total. The van der Waals surface area contributed by atoms with Gasteiger partial charge in [-0.2, -0.15) is 0 Å². The van der Waals surface area contributed by atoms with Crippen LogP contribution in [0.1, 0.15) is 17.0 Å². The number of aromatic nitrogens is 1. The molecule has 0 unspecified atom stereocenters. The van der Waals surface area contributed by atoms with Gasteiger partial charge in [-0.1, -0.05) is 12.1 Å². The number of carboxylic acids is 1. The Hall–Kier alpha value is -2.30. The molecule has 0 spiro atoms. The minimum Gasteiger partial charge on any atom is -0.487 e. The molecule has 1 N–H and O–H groups in total. The first-order valence-electron chi connectivity index (χ1n) is 5.47. The van der Waals surface area contributed by atoms with Crippen LogP contribution < -0.4 is 4.74 Å². The average molecular weight is 247 g/mol. The molecule has 1 aromatic carbocycles. The third-order valence-corrected chi connectivity index (χ3v) is 2.47. The van der Waals surface area contributed by atoms with Gasteiger partial charge in [-0.3, -0.25) is 4.79 Å². The molecule has 94 valence electrons. The number of hydrogen-bond donors (Lipinski definition) is 1. The second-order valence-electron chi connectivity index (χ2n) is 3.86. The van der Waals surface area contributed by atoms with Crippen molar-refractivity contribution in [3.8, 4) is 5.75 Å². The number of oxazole rings is 1. The predicted molar refractivity (Wildman–Crippen MR) is 63.4 cm³/mol. The maximum Gasteiger partial charge on any atom is 0.307 e. The molecule has 1 heterocycles. The van der Waals surface area contributed by atoms with Gasteiger partial charge in [0, 0.05) is 0 Å². The summed E-state index contributed by atoms with van der Waals surface area (Å²) in [5.74, 6) is 0.479. The van der Waals surface area contributed by atoms with Crippen LogP contribution in [0.5, 0.6) is 5.75 Å². The van der Waals surface area contributed by atoms with Gasteiger partial charge in [-0.05, 0) is 24.6 Å². The monoisotopic (exact) mass is 247 g/mol. The smallest absolute Gasteiger partial charge is 0.307 e.